The number of carbonyl (C=O) groups is 1. The number of aliphatic hydroxyl groups is 1. The number of thiophene rings is 1. The van der Waals surface area contributed by atoms with E-state index in [1.54, 1.807) is 34.7 Å². The zero-order chi connectivity index (χ0) is 18.1. The predicted molar refractivity (Wildman–Crippen MR) is 97.7 cm³/mol. The number of hydrogen-bond donors (Lipinski definition) is 3. The van der Waals surface area contributed by atoms with E-state index in [0.717, 1.165) is 17.1 Å². The van der Waals surface area contributed by atoms with Crippen LogP contribution in [0.2, 0.25) is 0 Å². The Bertz CT molecular complexity index is 860. The molecule has 1 fully saturated rings. The van der Waals surface area contributed by atoms with Gasteiger partial charge in [-0.05, 0) is 24.6 Å². The Morgan fingerprint density at radius 3 is 3.12 bits per heavy atom. The van der Waals surface area contributed by atoms with Gasteiger partial charge >= 0.3 is 0 Å². The molecule has 3 aromatic rings. The van der Waals surface area contributed by atoms with E-state index >= 15 is 0 Å². The molecule has 136 valence electrons. The van der Waals surface area contributed by atoms with E-state index in [1.807, 2.05) is 28.8 Å². The number of rotatable bonds is 5. The average molecular weight is 372 g/mol. The molecule has 0 aliphatic carbocycles. The highest BCUT2D eigenvalue weighted by Gasteiger charge is 2.37. The van der Waals surface area contributed by atoms with Crippen LogP contribution >= 0.6 is 11.3 Å². The number of H-pyrrole nitrogens is 2. The van der Waals surface area contributed by atoms with Gasteiger partial charge in [-0.1, -0.05) is 0 Å². The number of β-amino-alcohol motifs (C(OH)–C–C–N with tert-alkyl or cyclic N) is 1. The van der Waals surface area contributed by atoms with Crippen LogP contribution in [0, 0.1) is 0 Å². The molecule has 1 aliphatic heterocycles. The van der Waals surface area contributed by atoms with Crippen LogP contribution in [0.5, 0.6) is 0 Å². The van der Waals surface area contributed by atoms with Crippen molar-refractivity contribution in [2.45, 2.75) is 18.7 Å². The van der Waals surface area contributed by atoms with Crippen LogP contribution in [-0.4, -0.2) is 73.3 Å². The monoisotopic (exact) mass is 372 g/mol. The molecule has 0 spiro atoms. The second kappa shape index (κ2) is 7.02. The summed E-state index contributed by atoms with van der Waals surface area (Å²) in [5, 5.41) is 21.4. The lowest BCUT2D eigenvalue weighted by molar-refractivity contribution is 0.0757. The molecule has 0 aromatic carbocycles. The molecule has 0 unspecified atom stereocenters. The Hall–Kier alpha value is -2.49. The normalized spacial score (nSPS) is 20.2. The Labute approximate surface area is 154 Å². The molecule has 3 N–H and O–H groups in total. The molecule has 0 radical (unpaired) electrons. The molecule has 0 saturated carbocycles. The van der Waals surface area contributed by atoms with Crippen LogP contribution in [0.1, 0.15) is 16.3 Å². The maximum Gasteiger partial charge on any atom is 0.272 e. The van der Waals surface area contributed by atoms with Gasteiger partial charge in [-0.2, -0.15) is 16.4 Å². The molecule has 1 aliphatic rings. The summed E-state index contributed by atoms with van der Waals surface area (Å²) in [5.41, 5.74) is 2.18. The van der Waals surface area contributed by atoms with Crippen LogP contribution in [0.25, 0.3) is 11.3 Å². The molecular formula is C17H20N6O2S. The predicted octanol–water partition coefficient (Wildman–Crippen LogP) is 1.18. The number of hydrogen-bond acceptors (Lipinski definition) is 6. The van der Waals surface area contributed by atoms with E-state index in [0.29, 0.717) is 25.3 Å². The summed E-state index contributed by atoms with van der Waals surface area (Å²) in [5.74, 6) is 0.686. The first-order valence-electron chi connectivity index (χ1n) is 8.35. The average Bonchev–Trinajstić information content (AvgIpc) is 3.40. The number of nitrogens with one attached hydrogen (secondary N) is 2. The summed E-state index contributed by atoms with van der Waals surface area (Å²) in [7, 11) is 1.93. The molecule has 4 rings (SSSR count). The van der Waals surface area contributed by atoms with Gasteiger partial charge in [-0.25, -0.2) is 4.98 Å². The zero-order valence-corrected chi connectivity index (χ0v) is 15.1. The van der Waals surface area contributed by atoms with Gasteiger partial charge in [0, 0.05) is 36.4 Å². The van der Waals surface area contributed by atoms with Gasteiger partial charge in [0.25, 0.3) is 5.91 Å². The van der Waals surface area contributed by atoms with Crippen molar-refractivity contribution in [2.24, 2.45) is 0 Å². The fourth-order valence-electron chi connectivity index (χ4n) is 3.27. The molecule has 8 nitrogen and oxygen atoms in total. The number of likely N-dealkylation sites (tertiary alicyclic amines) is 1. The van der Waals surface area contributed by atoms with E-state index < -0.39 is 6.10 Å². The maximum absolute atomic E-state index is 12.8. The van der Waals surface area contributed by atoms with Crippen molar-refractivity contribution in [1.82, 2.24) is 30.0 Å². The Morgan fingerprint density at radius 2 is 2.38 bits per heavy atom. The van der Waals surface area contributed by atoms with Gasteiger partial charge in [-0.15, -0.1) is 0 Å². The van der Waals surface area contributed by atoms with Gasteiger partial charge in [-0.3, -0.25) is 14.8 Å². The minimum absolute atomic E-state index is 0.136. The summed E-state index contributed by atoms with van der Waals surface area (Å²) in [4.78, 5) is 23.7. The molecule has 4 heterocycles. The van der Waals surface area contributed by atoms with Crippen molar-refractivity contribution in [3.63, 3.8) is 0 Å². The number of amides is 1. The topological polar surface area (TPSA) is 101 Å². The number of aromatic nitrogens is 4. The Balaban J connectivity index is 1.43. The van der Waals surface area contributed by atoms with Crippen LogP contribution in [0.3, 0.4) is 0 Å². The summed E-state index contributed by atoms with van der Waals surface area (Å²) < 4.78 is 0. The summed E-state index contributed by atoms with van der Waals surface area (Å²) >= 11 is 1.59. The lowest BCUT2D eigenvalue weighted by Gasteiger charge is -2.25. The highest BCUT2D eigenvalue weighted by molar-refractivity contribution is 7.08. The number of likely N-dealkylation sites (N-methyl/N-ethyl adjacent to an activating group) is 1. The van der Waals surface area contributed by atoms with Crippen LogP contribution in [-0.2, 0) is 6.54 Å². The van der Waals surface area contributed by atoms with Crippen LogP contribution < -0.4 is 0 Å². The number of aromatic amines is 2. The van der Waals surface area contributed by atoms with Gasteiger partial charge in [0.2, 0.25) is 0 Å². The molecule has 2 atom stereocenters. The first kappa shape index (κ1) is 17.0. The van der Waals surface area contributed by atoms with Crippen molar-refractivity contribution in [3.05, 3.63) is 46.8 Å². The first-order chi connectivity index (χ1) is 12.6. The fraction of sp³-hybridized carbons (Fsp3) is 0.353. The second-order valence-electron chi connectivity index (χ2n) is 6.47. The van der Waals surface area contributed by atoms with E-state index in [2.05, 4.69) is 20.2 Å². The van der Waals surface area contributed by atoms with Crippen LogP contribution in [0.15, 0.2) is 35.3 Å². The quantitative estimate of drug-likeness (QED) is 0.624. The number of nitrogens with zero attached hydrogens (tertiary/aromatic N) is 4. The second-order valence-corrected chi connectivity index (χ2v) is 7.25. The SMILES string of the molecule is CN(Cc1ncc[nH]1)[C@H]1CN(C(=O)c2cc(-c3ccsc3)n[nH]2)C[C@@H]1O. The standard InChI is InChI=1S/C17H20N6O2S/c1-22(9-16-18-3-4-19-16)14-7-23(8-15(14)24)17(25)13-6-12(20-21-13)11-2-5-26-10-11/h2-6,10,14-15,24H,7-9H2,1H3,(H,18,19)(H,20,21)/t14-,15-/m0/s1. The summed E-state index contributed by atoms with van der Waals surface area (Å²) in [6.07, 6.45) is 2.87. The smallest absolute Gasteiger partial charge is 0.272 e. The molecule has 3 aromatic heterocycles. The summed E-state index contributed by atoms with van der Waals surface area (Å²) in [6, 6.07) is 3.59. The van der Waals surface area contributed by atoms with E-state index in [9.17, 15) is 9.90 Å². The number of imidazole rings is 1. The first-order valence-corrected chi connectivity index (χ1v) is 9.30. The maximum atomic E-state index is 12.8. The minimum atomic E-state index is -0.599. The van der Waals surface area contributed by atoms with Crippen molar-refractivity contribution in [2.75, 3.05) is 20.1 Å². The molecule has 1 saturated heterocycles. The largest absolute Gasteiger partial charge is 0.390 e. The van der Waals surface area contributed by atoms with Crippen LogP contribution in [0.4, 0.5) is 0 Å². The lowest BCUT2D eigenvalue weighted by atomic mass is 10.2. The van der Waals surface area contributed by atoms with Crippen molar-refractivity contribution >= 4 is 17.2 Å². The van der Waals surface area contributed by atoms with Crippen molar-refractivity contribution < 1.29 is 9.90 Å². The van der Waals surface area contributed by atoms with Gasteiger partial charge in [0.15, 0.2) is 0 Å². The number of carbonyl (C=O) groups excluding carboxylic acids is 1. The molecule has 9 heteroatoms. The van der Waals surface area contributed by atoms with Gasteiger partial charge < -0.3 is 15.0 Å². The van der Waals surface area contributed by atoms with E-state index in [1.165, 1.54) is 0 Å². The van der Waals surface area contributed by atoms with E-state index in [-0.39, 0.29) is 11.9 Å². The zero-order valence-electron chi connectivity index (χ0n) is 14.3. The Kier molecular flexibility index (Phi) is 4.58. The molecule has 0 bridgehead atoms. The highest BCUT2D eigenvalue weighted by Crippen LogP contribution is 2.23. The molecular weight excluding hydrogens is 352 g/mol. The third-order valence-electron chi connectivity index (χ3n) is 4.69. The highest BCUT2D eigenvalue weighted by atomic mass is 32.1. The van der Waals surface area contributed by atoms with Crippen molar-refractivity contribution in [1.29, 1.82) is 0 Å². The molecule has 1 amide bonds. The van der Waals surface area contributed by atoms with Crippen molar-refractivity contribution in [3.8, 4) is 11.3 Å². The third-order valence-corrected chi connectivity index (χ3v) is 5.37. The minimum Gasteiger partial charge on any atom is -0.390 e. The Morgan fingerprint density at radius 1 is 1.50 bits per heavy atom. The lowest BCUT2D eigenvalue weighted by Crippen LogP contribution is -2.40. The number of aliphatic hydroxyl groups excluding tert-OH is 1. The third kappa shape index (κ3) is 3.28. The van der Waals surface area contributed by atoms with Gasteiger partial charge in [0.05, 0.1) is 24.4 Å². The molecule has 26 heavy (non-hydrogen) atoms. The van der Waals surface area contributed by atoms with Gasteiger partial charge in [0.1, 0.15) is 11.5 Å². The summed E-state index contributed by atoms with van der Waals surface area (Å²) in [6.45, 7) is 1.35. The fourth-order valence-corrected chi connectivity index (χ4v) is 3.92. The van der Waals surface area contributed by atoms with E-state index in [4.69, 9.17) is 0 Å².